The van der Waals surface area contributed by atoms with Gasteiger partial charge < -0.3 is 16.4 Å². The highest BCUT2D eigenvalue weighted by atomic mass is 32.2. The summed E-state index contributed by atoms with van der Waals surface area (Å²) in [5.74, 6) is 1.14. The van der Waals surface area contributed by atoms with Crippen molar-refractivity contribution < 1.29 is 9.59 Å². The van der Waals surface area contributed by atoms with Crippen molar-refractivity contribution in [1.29, 1.82) is 0 Å². The molecule has 0 aromatic carbocycles. The summed E-state index contributed by atoms with van der Waals surface area (Å²) < 4.78 is 0. The van der Waals surface area contributed by atoms with Crippen LogP contribution in [0.2, 0.25) is 0 Å². The molecule has 1 rings (SSSR count). The lowest BCUT2D eigenvalue weighted by atomic mass is 9.95. The highest BCUT2D eigenvalue weighted by Gasteiger charge is 2.36. The third kappa shape index (κ3) is 6.29. The highest BCUT2D eigenvalue weighted by Crippen LogP contribution is 2.25. The van der Waals surface area contributed by atoms with E-state index in [0.29, 0.717) is 18.3 Å². The van der Waals surface area contributed by atoms with Crippen molar-refractivity contribution in [3.05, 3.63) is 0 Å². The van der Waals surface area contributed by atoms with E-state index in [2.05, 4.69) is 10.6 Å². The number of primary amides is 1. The average molecular weight is 287 g/mol. The number of carbonyl (C=O) groups excluding carboxylic acids is 2. The number of thioether (sulfide) groups is 1. The molecule has 1 atom stereocenters. The molecular weight excluding hydrogens is 262 g/mol. The van der Waals surface area contributed by atoms with E-state index in [1.54, 1.807) is 11.8 Å². The van der Waals surface area contributed by atoms with Crippen molar-refractivity contribution >= 4 is 23.6 Å². The van der Waals surface area contributed by atoms with Crippen LogP contribution in [-0.4, -0.2) is 41.4 Å². The van der Waals surface area contributed by atoms with Gasteiger partial charge in [-0.05, 0) is 45.3 Å². The van der Waals surface area contributed by atoms with Crippen LogP contribution in [0.15, 0.2) is 0 Å². The zero-order chi connectivity index (χ0) is 14.3. The quantitative estimate of drug-likeness (QED) is 0.515. The van der Waals surface area contributed by atoms with Crippen molar-refractivity contribution in [3.63, 3.8) is 0 Å². The molecule has 4 N–H and O–H groups in total. The van der Waals surface area contributed by atoms with E-state index in [4.69, 9.17) is 5.73 Å². The molecule has 1 fully saturated rings. The maximum Gasteiger partial charge on any atom is 0.237 e. The summed E-state index contributed by atoms with van der Waals surface area (Å²) in [6, 6.07) is 0.459. The summed E-state index contributed by atoms with van der Waals surface area (Å²) in [6.07, 6.45) is 3.87. The molecule has 19 heavy (non-hydrogen) atoms. The first-order chi connectivity index (χ1) is 8.98. The number of hydrogen-bond donors (Lipinski definition) is 3. The number of amides is 2. The van der Waals surface area contributed by atoms with Crippen molar-refractivity contribution in [3.8, 4) is 0 Å². The Bertz CT molecular complexity index is 321. The van der Waals surface area contributed by atoms with E-state index in [9.17, 15) is 9.59 Å². The summed E-state index contributed by atoms with van der Waals surface area (Å²) in [6.45, 7) is 4.46. The molecule has 1 aliphatic carbocycles. The molecule has 0 saturated heterocycles. The Morgan fingerprint density at radius 2 is 2.11 bits per heavy atom. The fraction of sp³-hybridized carbons (Fsp3) is 0.846. The molecule has 2 amide bonds. The lowest BCUT2D eigenvalue weighted by Gasteiger charge is -2.27. The third-order valence-corrected chi connectivity index (χ3v) is 4.26. The van der Waals surface area contributed by atoms with Gasteiger partial charge in [0.1, 0.15) is 0 Å². The van der Waals surface area contributed by atoms with Crippen LogP contribution in [0.4, 0.5) is 0 Å². The first-order valence-corrected chi connectivity index (χ1v) is 8.05. The number of carbonyl (C=O) groups is 2. The number of hydrogen-bond acceptors (Lipinski definition) is 4. The molecule has 1 saturated carbocycles. The monoisotopic (exact) mass is 287 g/mol. The van der Waals surface area contributed by atoms with Gasteiger partial charge in [-0.1, -0.05) is 0 Å². The predicted molar refractivity (Wildman–Crippen MR) is 79.0 cm³/mol. The number of nitrogens with one attached hydrogen (secondary N) is 2. The molecule has 5 nitrogen and oxygen atoms in total. The second-order valence-electron chi connectivity index (χ2n) is 5.22. The van der Waals surface area contributed by atoms with E-state index in [1.807, 2.05) is 13.8 Å². The zero-order valence-electron chi connectivity index (χ0n) is 11.8. The standard InChI is InChI=1S/C13H25N3O2S/c1-3-15-11(17)9-19-8-4-7-13(2,12(14)18)16-10-5-6-10/h10,16H,3-9H2,1-2H3,(H2,14,18)(H,15,17). The van der Waals surface area contributed by atoms with Crippen LogP contribution >= 0.6 is 11.8 Å². The lowest BCUT2D eigenvalue weighted by molar-refractivity contribution is -0.124. The van der Waals surface area contributed by atoms with Gasteiger partial charge in [0.15, 0.2) is 0 Å². The summed E-state index contributed by atoms with van der Waals surface area (Å²) in [5.41, 5.74) is 4.87. The van der Waals surface area contributed by atoms with Gasteiger partial charge in [0.25, 0.3) is 0 Å². The molecule has 110 valence electrons. The van der Waals surface area contributed by atoms with Crippen LogP contribution in [0.1, 0.15) is 39.5 Å². The zero-order valence-corrected chi connectivity index (χ0v) is 12.6. The van der Waals surface area contributed by atoms with Crippen LogP contribution in [-0.2, 0) is 9.59 Å². The normalized spacial score (nSPS) is 17.8. The minimum absolute atomic E-state index is 0.0706. The van der Waals surface area contributed by atoms with Gasteiger partial charge >= 0.3 is 0 Å². The van der Waals surface area contributed by atoms with Crippen LogP contribution in [0.3, 0.4) is 0 Å². The molecule has 6 heteroatoms. The third-order valence-electron chi connectivity index (χ3n) is 3.22. The van der Waals surface area contributed by atoms with Crippen LogP contribution < -0.4 is 16.4 Å². The maximum atomic E-state index is 11.5. The Morgan fingerprint density at radius 1 is 1.42 bits per heavy atom. The molecule has 1 unspecified atom stereocenters. The first kappa shape index (κ1) is 16.3. The predicted octanol–water partition coefficient (Wildman–Crippen LogP) is 0.632. The van der Waals surface area contributed by atoms with Gasteiger partial charge in [0.2, 0.25) is 11.8 Å². The molecule has 0 bridgehead atoms. The van der Waals surface area contributed by atoms with Gasteiger partial charge in [-0.25, -0.2) is 0 Å². The largest absolute Gasteiger partial charge is 0.368 e. The van der Waals surface area contributed by atoms with E-state index in [1.165, 1.54) is 0 Å². The van der Waals surface area contributed by atoms with Crippen LogP contribution in [0.5, 0.6) is 0 Å². The molecule has 1 aliphatic rings. The van der Waals surface area contributed by atoms with Crippen LogP contribution in [0.25, 0.3) is 0 Å². The lowest BCUT2D eigenvalue weighted by Crippen LogP contribution is -2.54. The molecule has 0 aromatic heterocycles. The minimum atomic E-state index is -0.604. The second kappa shape index (κ2) is 7.75. The molecule has 0 aromatic rings. The number of rotatable bonds is 10. The average Bonchev–Trinajstić information content (AvgIpc) is 3.12. The van der Waals surface area contributed by atoms with Crippen molar-refractivity contribution in [2.45, 2.75) is 51.1 Å². The maximum absolute atomic E-state index is 11.5. The molecule has 0 aliphatic heterocycles. The summed E-state index contributed by atoms with van der Waals surface area (Å²) in [5, 5.41) is 6.08. The number of nitrogens with two attached hydrogens (primary N) is 1. The Morgan fingerprint density at radius 3 is 2.63 bits per heavy atom. The van der Waals surface area contributed by atoms with Gasteiger partial charge in [-0.2, -0.15) is 11.8 Å². The molecule has 0 heterocycles. The fourth-order valence-corrected chi connectivity index (χ4v) is 2.67. The Hall–Kier alpha value is -0.750. The van der Waals surface area contributed by atoms with E-state index in [-0.39, 0.29) is 11.8 Å². The molecule has 0 radical (unpaired) electrons. The van der Waals surface area contributed by atoms with Gasteiger partial charge in [0.05, 0.1) is 11.3 Å². The Balaban J connectivity index is 2.17. The van der Waals surface area contributed by atoms with E-state index in [0.717, 1.165) is 31.4 Å². The summed E-state index contributed by atoms with van der Waals surface area (Å²) in [7, 11) is 0. The molecule has 0 spiro atoms. The Kier molecular flexibility index (Phi) is 6.65. The van der Waals surface area contributed by atoms with Gasteiger partial charge in [0, 0.05) is 12.6 Å². The summed E-state index contributed by atoms with van der Waals surface area (Å²) >= 11 is 1.60. The Labute approximate surface area is 119 Å². The SMILES string of the molecule is CCNC(=O)CSCCCC(C)(NC1CC1)C(N)=O. The first-order valence-electron chi connectivity index (χ1n) is 6.90. The molecular formula is C13H25N3O2S. The minimum Gasteiger partial charge on any atom is -0.368 e. The highest BCUT2D eigenvalue weighted by molar-refractivity contribution is 7.99. The second-order valence-corrected chi connectivity index (χ2v) is 6.33. The van der Waals surface area contributed by atoms with Crippen LogP contribution in [0, 0.1) is 0 Å². The topological polar surface area (TPSA) is 84.2 Å². The van der Waals surface area contributed by atoms with E-state index >= 15 is 0 Å². The van der Waals surface area contributed by atoms with Gasteiger partial charge in [-0.3, -0.25) is 9.59 Å². The van der Waals surface area contributed by atoms with Gasteiger partial charge in [-0.15, -0.1) is 0 Å². The van der Waals surface area contributed by atoms with E-state index < -0.39 is 5.54 Å². The van der Waals surface area contributed by atoms with Crippen molar-refractivity contribution in [2.75, 3.05) is 18.1 Å². The van der Waals surface area contributed by atoms with Crippen molar-refractivity contribution in [1.82, 2.24) is 10.6 Å². The van der Waals surface area contributed by atoms with Crippen molar-refractivity contribution in [2.24, 2.45) is 5.73 Å². The fourth-order valence-electron chi connectivity index (χ4n) is 1.89. The smallest absolute Gasteiger partial charge is 0.237 e. The summed E-state index contributed by atoms with van der Waals surface area (Å²) in [4.78, 5) is 22.8.